The molecule has 0 rings (SSSR count). The van der Waals surface area contributed by atoms with Crippen molar-refractivity contribution in [1.29, 1.82) is 0 Å². The second-order valence-corrected chi connectivity index (χ2v) is 8.11. The zero-order valence-electron chi connectivity index (χ0n) is 17.2. The summed E-state index contributed by atoms with van der Waals surface area (Å²) in [5.41, 5.74) is 0.280. The lowest BCUT2D eigenvalue weighted by molar-refractivity contribution is 0.415. The molecule has 0 aromatic carbocycles. The number of hydrogen-bond donors (Lipinski definition) is 1. The molecule has 0 bridgehead atoms. The Balaban J connectivity index is 0. The van der Waals surface area contributed by atoms with Gasteiger partial charge >= 0.3 is 0 Å². The van der Waals surface area contributed by atoms with Crippen LogP contribution in [0.4, 0.5) is 0 Å². The molecule has 0 aromatic rings. The number of unbranched alkanes of at least 4 members (excludes halogenated alkanes) is 12. The Bertz CT molecular complexity index is 255. The van der Waals surface area contributed by atoms with Gasteiger partial charge in [0.05, 0.1) is 0 Å². The molecule has 146 valence electrons. The molecule has 0 fully saturated rings. The van der Waals surface area contributed by atoms with Crippen molar-refractivity contribution in [2.45, 2.75) is 123 Å². The third kappa shape index (κ3) is 24.2. The van der Waals surface area contributed by atoms with E-state index in [0.717, 1.165) is 0 Å². The highest BCUT2D eigenvalue weighted by molar-refractivity contribution is 5.85. The lowest BCUT2D eigenvalue weighted by atomic mass is 10.1. The van der Waals surface area contributed by atoms with Gasteiger partial charge in [-0.15, -0.1) is 12.4 Å². The molecule has 0 saturated carbocycles. The van der Waals surface area contributed by atoms with Gasteiger partial charge in [0.1, 0.15) is 0 Å². The molecular weight excluding hydrogens is 314 g/mol. The highest BCUT2D eigenvalue weighted by Crippen LogP contribution is 2.10. The van der Waals surface area contributed by atoms with Crippen LogP contribution in [-0.4, -0.2) is 12.1 Å². The SMILES string of the molecule is CCCCCCCC/C=C\CCCCCCCCNC(C)(C)C.Cl. The fourth-order valence-electron chi connectivity index (χ4n) is 2.84. The van der Waals surface area contributed by atoms with Crippen LogP contribution in [-0.2, 0) is 0 Å². The number of nitrogens with one attached hydrogen (secondary N) is 1. The molecule has 0 heterocycles. The number of hydrogen-bond acceptors (Lipinski definition) is 1. The molecular formula is C22H46ClN. The van der Waals surface area contributed by atoms with E-state index in [1.807, 2.05) is 0 Å². The average Bonchev–Trinajstić information content (AvgIpc) is 2.49. The van der Waals surface area contributed by atoms with Crippen molar-refractivity contribution in [3.63, 3.8) is 0 Å². The topological polar surface area (TPSA) is 12.0 Å². The Morgan fingerprint density at radius 2 is 1.04 bits per heavy atom. The molecule has 0 atom stereocenters. The van der Waals surface area contributed by atoms with Gasteiger partial charge in [-0.1, -0.05) is 76.9 Å². The van der Waals surface area contributed by atoms with Crippen molar-refractivity contribution >= 4 is 12.4 Å². The van der Waals surface area contributed by atoms with Gasteiger partial charge in [-0.2, -0.15) is 0 Å². The summed E-state index contributed by atoms with van der Waals surface area (Å²) in [5, 5.41) is 3.56. The molecule has 0 radical (unpaired) electrons. The van der Waals surface area contributed by atoms with Crippen LogP contribution in [0.1, 0.15) is 118 Å². The van der Waals surface area contributed by atoms with Crippen molar-refractivity contribution in [3.05, 3.63) is 12.2 Å². The fraction of sp³-hybridized carbons (Fsp3) is 0.909. The van der Waals surface area contributed by atoms with E-state index >= 15 is 0 Å². The first-order valence-electron chi connectivity index (χ1n) is 10.5. The van der Waals surface area contributed by atoms with Crippen LogP contribution >= 0.6 is 12.4 Å². The van der Waals surface area contributed by atoms with Crippen molar-refractivity contribution in [2.75, 3.05) is 6.54 Å². The van der Waals surface area contributed by atoms with Crippen molar-refractivity contribution < 1.29 is 0 Å². The van der Waals surface area contributed by atoms with E-state index in [2.05, 4.69) is 45.2 Å². The third-order valence-corrected chi connectivity index (χ3v) is 4.34. The maximum atomic E-state index is 3.56. The molecule has 0 amide bonds. The first-order valence-corrected chi connectivity index (χ1v) is 10.5. The second-order valence-electron chi connectivity index (χ2n) is 8.11. The van der Waals surface area contributed by atoms with Crippen LogP contribution in [0, 0.1) is 0 Å². The van der Waals surface area contributed by atoms with Crippen molar-refractivity contribution in [3.8, 4) is 0 Å². The maximum absolute atomic E-state index is 3.56. The molecule has 0 unspecified atom stereocenters. The number of allylic oxidation sites excluding steroid dienone is 2. The van der Waals surface area contributed by atoms with E-state index in [9.17, 15) is 0 Å². The zero-order valence-corrected chi connectivity index (χ0v) is 18.0. The van der Waals surface area contributed by atoms with Gasteiger partial charge in [0.2, 0.25) is 0 Å². The zero-order chi connectivity index (χ0) is 17.2. The van der Waals surface area contributed by atoms with Crippen LogP contribution in [0.25, 0.3) is 0 Å². The summed E-state index contributed by atoms with van der Waals surface area (Å²) in [5.74, 6) is 0. The predicted molar refractivity (Wildman–Crippen MR) is 114 cm³/mol. The lowest BCUT2D eigenvalue weighted by Gasteiger charge is -2.20. The Labute approximate surface area is 159 Å². The highest BCUT2D eigenvalue weighted by Gasteiger charge is 2.06. The molecule has 0 aromatic heterocycles. The Hall–Kier alpha value is -0.0100. The average molecular weight is 360 g/mol. The Morgan fingerprint density at radius 1 is 0.625 bits per heavy atom. The van der Waals surface area contributed by atoms with Crippen LogP contribution in [0.2, 0.25) is 0 Å². The van der Waals surface area contributed by atoms with E-state index in [0.29, 0.717) is 0 Å². The van der Waals surface area contributed by atoms with Crippen molar-refractivity contribution in [2.24, 2.45) is 0 Å². The smallest absolute Gasteiger partial charge is 0.00965 e. The number of rotatable bonds is 16. The van der Waals surface area contributed by atoms with Gasteiger partial charge in [-0.05, 0) is 59.4 Å². The summed E-state index contributed by atoms with van der Waals surface area (Å²) in [7, 11) is 0. The highest BCUT2D eigenvalue weighted by atomic mass is 35.5. The largest absolute Gasteiger partial charge is 0.312 e. The third-order valence-electron chi connectivity index (χ3n) is 4.34. The second kappa shape index (κ2) is 19.3. The van der Waals surface area contributed by atoms with Gasteiger partial charge in [0.15, 0.2) is 0 Å². The molecule has 1 N–H and O–H groups in total. The summed E-state index contributed by atoms with van der Waals surface area (Å²) in [4.78, 5) is 0. The van der Waals surface area contributed by atoms with E-state index in [1.54, 1.807) is 0 Å². The minimum Gasteiger partial charge on any atom is -0.312 e. The standard InChI is InChI=1S/C22H45N.ClH/c1-5-6-7-8-9-10-11-12-13-14-15-16-17-18-19-20-21-23-22(2,3)4;/h12-13,23H,5-11,14-21H2,1-4H3;1H/b13-12-;. The minimum absolute atomic E-state index is 0. The van der Waals surface area contributed by atoms with Crippen LogP contribution < -0.4 is 5.32 Å². The van der Waals surface area contributed by atoms with E-state index < -0.39 is 0 Å². The lowest BCUT2D eigenvalue weighted by Crippen LogP contribution is -2.36. The van der Waals surface area contributed by atoms with Gasteiger partial charge < -0.3 is 5.32 Å². The molecule has 0 spiro atoms. The van der Waals surface area contributed by atoms with Crippen LogP contribution in [0.15, 0.2) is 12.2 Å². The first-order chi connectivity index (χ1) is 11.1. The van der Waals surface area contributed by atoms with Crippen LogP contribution in [0.5, 0.6) is 0 Å². The summed E-state index contributed by atoms with van der Waals surface area (Å²) in [6.45, 7) is 10.2. The van der Waals surface area contributed by atoms with Gasteiger partial charge in [0, 0.05) is 5.54 Å². The van der Waals surface area contributed by atoms with E-state index in [4.69, 9.17) is 0 Å². The Morgan fingerprint density at radius 3 is 1.50 bits per heavy atom. The molecule has 1 nitrogen and oxygen atoms in total. The molecule has 0 saturated heterocycles. The van der Waals surface area contributed by atoms with Crippen LogP contribution in [0.3, 0.4) is 0 Å². The van der Waals surface area contributed by atoms with E-state index in [1.165, 1.54) is 96.4 Å². The van der Waals surface area contributed by atoms with Gasteiger partial charge in [0.25, 0.3) is 0 Å². The molecule has 24 heavy (non-hydrogen) atoms. The molecule has 0 aliphatic rings. The van der Waals surface area contributed by atoms with E-state index in [-0.39, 0.29) is 17.9 Å². The Kier molecular flexibility index (Phi) is 21.1. The quantitative estimate of drug-likeness (QED) is 0.218. The predicted octanol–water partition coefficient (Wildman–Crippen LogP) is 7.83. The summed E-state index contributed by atoms with van der Waals surface area (Å²) >= 11 is 0. The first kappa shape index (κ1) is 26.2. The summed E-state index contributed by atoms with van der Waals surface area (Å²) < 4.78 is 0. The number of halogens is 1. The molecule has 2 heteroatoms. The minimum atomic E-state index is 0. The normalized spacial score (nSPS) is 11.8. The fourth-order valence-corrected chi connectivity index (χ4v) is 2.84. The maximum Gasteiger partial charge on any atom is 0.00965 e. The van der Waals surface area contributed by atoms with Crippen molar-refractivity contribution in [1.82, 2.24) is 5.32 Å². The summed E-state index contributed by atoms with van der Waals surface area (Å²) in [6.07, 6.45) is 24.2. The monoisotopic (exact) mass is 359 g/mol. The molecule has 0 aliphatic carbocycles. The molecule has 0 aliphatic heterocycles. The summed E-state index contributed by atoms with van der Waals surface area (Å²) in [6, 6.07) is 0. The van der Waals surface area contributed by atoms with Gasteiger partial charge in [-0.25, -0.2) is 0 Å². The van der Waals surface area contributed by atoms with Gasteiger partial charge in [-0.3, -0.25) is 0 Å².